The Labute approximate surface area is 164 Å². The number of alkyl halides is 3. The second-order valence-corrected chi connectivity index (χ2v) is 6.85. The number of ether oxygens (including phenoxy) is 2. The maximum Gasteiger partial charge on any atom is 0.416 e. The van der Waals surface area contributed by atoms with E-state index < -0.39 is 11.7 Å². The lowest BCUT2D eigenvalue weighted by molar-refractivity contribution is -0.137. The molecule has 1 saturated heterocycles. The molecule has 0 spiro atoms. The van der Waals surface area contributed by atoms with Gasteiger partial charge in [-0.05, 0) is 49.3 Å². The van der Waals surface area contributed by atoms with Gasteiger partial charge in [0.25, 0.3) is 0 Å². The first-order chi connectivity index (χ1) is 13.5. The molecule has 0 unspecified atom stereocenters. The summed E-state index contributed by atoms with van der Waals surface area (Å²) in [4.78, 5) is 4.15. The highest BCUT2D eigenvalue weighted by atomic mass is 19.4. The molecule has 0 aromatic heterocycles. The third-order valence-electron chi connectivity index (χ3n) is 4.66. The Bertz CT molecular complexity index is 585. The first kappa shape index (κ1) is 22.5. The van der Waals surface area contributed by atoms with E-state index >= 15 is 0 Å². The Morgan fingerprint density at radius 2 is 1.82 bits per heavy atom. The zero-order chi connectivity index (χ0) is 20.2. The van der Waals surface area contributed by atoms with Gasteiger partial charge in [0.15, 0.2) is 5.96 Å². The Hall–Kier alpha value is -1.80. The third-order valence-corrected chi connectivity index (χ3v) is 4.66. The Morgan fingerprint density at radius 3 is 2.46 bits per heavy atom. The zero-order valence-corrected chi connectivity index (χ0v) is 16.4. The van der Waals surface area contributed by atoms with Gasteiger partial charge in [-0.25, -0.2) is 0 Å². The van der Waals surface area contributed by atoms with E-state index in [9.17, 15) is 13.2 Å². The Morgan fingerprint density at radius 1 is 1.14 bits per heavy atom. The van der Waals surface area contributed by atoms with Gasteiger partial charge in [-0.3, -0.25) is 4.99 Å². The molecule has 0 bridgehead atoms. The molecule has 2 N–H and O–H groups in total. The van der Waals surface area contributed by atoms with E-state index in [0.29, 0.717) is 31.4 Å². The van der Waals surface area contributed by atoms with Crippen LogP contribution in [0.2, 0.25) is 0 Å². The monoisotopic (exact) mass is 401 g/mol. The standard InChI is InChI=1S/C20H30F3N3O2/c1-24-19(25-10-2-12-28-15-17-8-13-27-14-9-17)26-11-7-16-3-5-18(6-4-16)20(21,22)23/h3-6,17H,2,7-15H2,1H3,(H2,24,25,26). The second-order valence-electron chi connectivity index (χ2n) is 6.85. The SMILES string of the molecule is CN=C(NCCCOCC1CCOCC1)NCCc1ccc(C(F)(F)F)cc1. The van der Waals surface area contributed by atoms with Crippen molar-refractivity contribution in [2.75, 3.05) is 46.6 Å². The fourth-order valence-corrected chi connectivity index (χ4v) is 2.95. The first-order valence-corrected chi connectivity index (χ1v) is 9.75. The number of aliphatic imine (C=N–C) groups is 1. The smallest absolute Gasteiger partial charge is 0.381 e. The van der Waals surface area contributed by atoms with Gasteiger partial charge >= 0.3 is 6.18 Å². The maximum atomic E-state index is 12.6. The van der Waals surface area contributed by atoms with Crippen LogP contribution in [0.4, 0.5) is 13.2 Å². The predicted molar refractivity (Wildman–Crippen MR) is 103 cm³/mol. The molecule has 1 aliphatic heterocycles. The third kappa shape index (κ3) is 8.48. The highest BCUT2D eigenvalue weighted by molar-refractivity contribution is 5.79. The van der Waals surface area contributed by atoms with Gasteiger partial charge in [0.05, 0.1) is 5.56 Å². The number of rotatable bonds is 9. The molecule has 5 nitrogen and oxygen atoms in total. The number of halogens is 3. The minimum absolute atomic E-state index is 0.589. The summed E-state index contributed by atoms with van der Waals surface area (Å²) in [5.74, 6) is 1.29. The van der Waals surface area contributed by atoms with E-state index in [1.54, 1.807) is 7.05 Å². The number of nitrogens with one attached hydrogen (secondary N) is 2. The number of benzene rings is 1. The number of nitrogens with zero attached hydrogens (tertiary/aromatic N) is 1. The van der Waals surface area contributed by atoms with Crippen molar-refractivity contribution in [2.45, 2.75) is 31.9 Å². The van der Waals surface area contributed by atoms with Crippen molar-refractivity contribution < 1.29 is 22.6 Å². The van der Waals surface area contributed by atoms with Crippen LogP contribution in [-0.4, -0.2) is 52.5 Å². The van der Waals surface area contributed by atoms with Gasteiger partial charge in [-0.2, -0.15) is 13.2 Å². The van der Waals surface area contributed by atoms with E-state index in [2.05, 4.69) is 15.6 Å². The molecule has 0 radical (unpaired) electrons. The molecular weight excluding hydrogens is 371 g/mol. The zero-order valence-electron chi connectivity index (χ0n) is 16.4. The second kappa shape index (κ2) is 11.9. The lowest BCUT2D eigenvalue weighted by Crippen LogP contribution is -2.39. The number of hydrogen-bond donors (Lipinski definition) is 2. The minimum Gasteiger partial charge on any atom is -0.381 e. The summed E-state index contributed by atoms with van der Waals surface area (Å²) < 4.78 is 48.7. The van der Waals surface area contributed by atoms with E-state index in [0.717, 1.165) is 63.3 Å². The maximum absolute atomic E-state index is 12.6. The quantitative estimate of drug-likeness (QED) is 0.379. The lowest BCUT2D eigenvalue weighted by Gasteiger charge is -2.21. The predicted octanol–water partition coefficient (Wildman–Crippen LogP) is 3.25. The van der Waals surface area contributed by atoms with Crippen LogP contribution in [-0.2, 0) is 22.1 Å². The summed E-state index contributed by atoms with van der Waals surface area (Å²) in [7, 11) is 1.69. The highest BCUT2D eigenvalue weighted by Gasteiger charge is 2.29. The summed E-state index contributed by atoms with van der Waals surface area (Å²) in [5, 5.41) is 6.38. The average molecular weight is 401 g/mol. The van der Waals surface area contributed by atoms with Gasteiger partial charge in [0, 0.05) is 46.6 Å². The molecular formula is C20H30F3N3O2. The molecule has 0 amide bonds. The molecule has 0 atom stereocenters. The van der Waals surface area contributed by atoms with Crippen LogP contribution < -0.4 is 10.6 Å². The van der Waals surface area contributed by atoms with Crippen molar-refractivity contribution >= 4 is 5.96 Å². The lowest BCUT2D eigenvalue weighted by atomic mass is 10.0. The fourth-order valence-electron chi connectivity index (χ4n) is 2.95. The summed E-state index contributed by atoms with van der Waals surface area (Å²) in [6.45, 7) is 4.50. The molecule has 0 saturated carbocycles. The van der Waals surface area contributed by atoms with E-state index in [4.69, 9.17) is 9.47 Å². The molecule has 1 aromatic rings. The van der Waals surface area contributed by atoms with Gasteiger partial charge in [-0.15, -0.1) is 0 Å². The Balaban J connectivity index is 1.54. The van der Waals surface area contributed by atoms with E-state index in [1.165, 1.54) is 12.1 Å². The molecule has 1 aromatic carbocycles. The van der Waals surface area contributed by atoms with Gasteiger partial charge in [0.1, 0.15) is 0 Å². The first-order valence-electron chi connectivity index (χ1n) is 9.75. The molecule has 1 aliphatic rings. The van der Waals surface area contributed by atoms with Crippen LogP contribution in [0.1, 0.15) is 30.4 Å². The van der Waals surface area contributed by atoms with Crippen molar-refractivity contribution in [3.63, 3.8) is 0 Å². The van der Waals surface area contributed by atoms with Gasteiger partial charge in [0.2, 0.25) is 0 Å². The Kier molecular flexibility index (Phi) is 9.57. The van der Waals surface area contributed by atoms with Crippen LogP contribution in [0.25, 0.3) is 0 Å². The normalized spacial score (nSPS) is 16.2. The molecule has 1 heterocycles. The fraction of sp³-hybridized carbons (Fsp3) is 0.650. The van der Waals surface area contributed by atoms with Crippen molar-refractivity contribution in [1.29, 1.82) is 0 Å². The minimum atomic E-state index is -4.29. The van der Waals surface area contributed by atoms with Crippen molar-refractivity contribution in [3.05, 3.63) is 35.4 Å². The van der Waals surface area contributed by atoms with Crippen LogP contribution in [0.5, 0.6) is 0 Å². The van der Waals surface area contributed by atoms with Crippen LogP contribution >= 0.6 is 0 Å². The van der Waals surface area contributed by atoms with Crippen molar-refractivity contribution in [3.8, 4) is 0 Å². The van der Waals surface area contributed by atoms with Crippen LogP contribution in [0, 0.1) is 5.92 Å². The summed E-state index contributed by atoms with van der Waals surface area (Å²) in [6.07, 6.45) is -0.644. The molecule has 0 aliphatic carbocycles. The largest absolute Gasteiger partial charge is 0.416 e. The van der Waals surface area contributed by atoms with Crippen LogP contribution in [0.15, 0.2) is 29.3 Å². The summed E-state index contributed by atoms with van der Waals surface area (Å²) >= 11 is 0. The molecule has 158 valence electrons. The van der Waals surface area contributed by atoms with Crippen molar-refractivity contribution in [1.82, 2.24) is 10.6 Å². The van der Waals surface area contributed by atoms with Gasteiger partial charge < -0.3 is 20.1 Å². The van der Waals surface area contributed by atoms with E-state index in [-0.39, 0.29) is 0 Å². The molecule has 28 heavy (non-hydrogen) atoms. The number of guanidine groups is 1. The number of hydrogen-bond acceptors (Lipinski definition) is 3. The highest BCUT2D eigenvalue weighted by Crippen LogP contribution is 2.29. The summed E-state index contributed by atoms with van der Waals surface area (Å²) in [5.41, 5.74) is 0.221. The van der Waals surface area contributed by atoms with Crippen molar-refractivity contribution in [2.24, 2.45) is 10.9 Å². The topological polar surface area (TPSA) is 54.9 Å². The average Bonchev–Trinajstić information content (AvgIpc) is 2.69. The van der Waals surface area contributed by atoms with Crippen LogP contribution in [0.3, 0.4) is 0 Å². The molecule has 1 fully saturated rings. The van der Waals surface area contributed by atoms with Gasteiger partial charge in [-0.1, -0.05) is 12.1 Å². The molecule has 8 heteroatoms. The summed E-state index contributed by atoms with van der Waals surface area (Å²) in [6, 6.07) is 5.25. The molecule has 2 rings (SSSR count). The van der Waals surface area contributed by atoms with E-state index in [1.807, 2.05) is 0 Å².